The summed E-state index contributed by atoms with van der Waals surface area (Å²) in [7, 11) is 1.11. The highest BCUT2D eigenvalue weighted by Crippen LogP contribution is 2.38. The molecule has 0 N–H and O–H groups in total. The van der Waals surface area contributed by atoms with Gasteiger partial charge in [-0.1, -0.05) is 151 Å². The van der Waals surface area contributed by atoms with Crippen LogP contribution in [0.5, 0.6) is 0 Å². The third kappa shape index (κ3) is 41.1. The molecular formula is C46H80NO8P. The summed E-state index contributed by atoms with van der Waals surface area (Å²) in [4.78, 5) is 37.4. The van der Waals surface area contributed by atoms with Gasteiger partial charge in [0.05, 0.1) is 27.7 Å². The third-order valence-corrected chi connectivity index (χ3v) is 9.69. The number of quaternary nitrogens is 1. The van der Waals surface area contributed by atoms with Gasteiger partial charge in [-0.3, -0.25) is 14.2 Å². The number of unbranched alkanes of at least 4 members (excludes halogenated alkanes) is 12. The summed E-state index contributed by atoms with van der Waals surface area (Å²) in [6.07, 6.45) is 46.7. The predicted octanol–water partition coefficient (Wildman–Crippen LogP) is 11.6. The molecule has 0 aliphatic rings. The summed E-state index contributed by atoms with van der Waals surface area (Å²) in [5.41, 5.74) is 0. The van der Waals surface area contributed by atoms with E-state index in [4.69, 9.17) is 18.5 Å². The minimum atomic E-state index is -4.65. The van der Waals surface area contributed by atoms with Crippen molar-refractivity contribution in [3.63, 3.8) is 0 Å². The van der Waals surface area contributed by atoms with E-state index >= 15 is 0 Å². The number of rotatable bonds is 38. The van der Waals surface area contributed by atoms with Crippen LogP contribution in [0.15, 0.2) is 72.9 Å². The summed E-state index contributed by atoms with van der Waals surface area (Å²) in [5.74, 6) is -0.965. The molecule has 0 amide bonds. The van der Waals surface area contributed by atoms with Crippen LogP contribution in [-0.2, 0) is 32.7 Å². The van der Waals surface area contributed by atoms with E-state index in [1.165, 1.54) is 64.2 Å². The van der Waals surface area contributed by atoms with Crippen LogP contribution in [0.2, 0.25) is 0 Å². The molecule has 0 radical (unpaired) electrons. The number of hydrogen-bond acceptors (Lipinski definition) is 8. The van der Waals surface area contributed by atoms with E-state index in [2.05, 4.69) is 74.6 Å². The van der Waals surface area contributed by atoms with Gasteiger partial charge in [-0.25, -0.2) is 0 Å². The van der Waals surface area contributed by atoms with Crippen LogP contribution in [0.4, 0.5) is 0 Å². The monoisotopic (exact) mass is 806 g/mol. The molecule has 0 bridgehead atoms. The van der Waals surface area contributed by atoms with Gasteiger partial charge in [-0.05, 0) is 64.2 Å². The highest BCUT2D eigenvalue weighted by molar-refractivity contribution is 7.45. The Kier molecular flexibility index (Phi) is 36.3. The standard InChI is InChI=1S/C46H80NO8P/c1-6-8-10-12-14-16-18-20-22-23-25-26-28-30-32-34-36-38-45(48)52-42-44(43-54-56(50,51)53-41-40-47(3,4)5)55-46(49)39-37-35-33-31-29-27-24-21-19-17-15-13-11-9-7-2/h8,10,14,16,20,22,25-26,30,32-33,35,44H,6-7,9,11-13,15,17-19,21,23-24,27-29,31,34,36-43H2,1-5H3/b10-8+,16-14+,22-20+,26-25+,32-30+,35-33+/t44-/m1/s1. The summed E-state index contributed by atoms with van der Waals surface area (Å²) < 4.78 is 33.7. The summed E-state index contributed by atoms with van der Waals surface area (Å²) in [6.45, 7) is 3.99. The molecule has 0 spiro atoms. The minimum absolute atomic E-state index is 0.0485. The van der Waals surface area contributed by atoms with Gasteiger partial charge in [0.2, 0.25) is 0 Å². The lowest BCUT2D eigenvalue weighted by Gasteiger charge is -2.28. The molecular weight excluding hydrogens is 725 g/mol. The number of allylic oxidation sites excluding steroid dienone is 12. The van der Waals surface area contributed by atoms with Crippen LogP contribution in [0.25, 0.3) is 0 Å². The van der Waals surface area contributed by atoms with Crippen molar-refractivity contribution in [2.24, 2.45) is 0 Å². The van der Waals surface area contributed by atoms with E-state index in [9.17, 15) is 19.0 Å². The van der Waals surface area contributed by atoms with Gasteiger partial charge >= 0.3 is 11.9 Å². The molecule has 0 aromatic heterocycles. The van der Waals surface area contributed by atoms with E-state index in [0.29, 0.717) is 23.9 Å². The van der Waals surface area contributed by atoms with Crippen molar-refractivity contribution in [1.29, 1.82) is 0 Å². The van der Waals surface area contributed by atoms with Gasteiger partial charge in [0.1, 0.15) is 19.8 Å². The maximum Gasteiger partial charge on any atom is 0.306 e. The molecule has 0 rings (SSSR count). The zero-order valence-electron chi connectivity index (χ0n) is 36.1. The average Bonchev–Trinajstić information content (AvgIpc) is 3.15. The van der Waals surface area contributed by atoms with Gasteiger partial charge in [0.15, 0.2) is 6.10 Å². The first-order valence-electron chi connectivity index (χ1n) is 21.6. The molecule has 56 heavy (non-hydrogen) atoms. The van der Waals surface area contributed by atoms with Gasteiger partial charge in [0, 0.05) is 12.8 Å². The number of likely N-dealkylation sites (N-methyl/N-ethyl adjacent to an activating group) is 1. The number of phosphoric acid groups is 1. The first-order chi connectivity index (χ1) is 27.0. The van der Waals surface area contributed by atoms with E-state index in [1.54, 1.807) is 0 Å². The largest absolute Gasteiger partial charge is 0.756 e. The lowest BCUT2D eigenvalue weighted by molar-refractivity contribution is -0.870. The molecule has 0 saturated carbocycles. The van der Waals surface area contributed by atoms with Gasteiger partial charge < -0.3 is 27.9 Å². The Hall–Kier alpha value is -2.55. The second kappa shape index (κ2) is 38.0. The summed E-state index contributed by atoms with van der Waals surface area (Å²) in [5, 5.41) is 0. The average molecular weight is 806 g/mol. The molecule has 322 valence electrons. The van der Waals surface area contributed by atoms with E-state index in [1.807, 2.05) is 33.3 Å². The van der Waals surface area contributed by atoms with Gasteiger partial charge in [-0.2, -0.15) is 0 Å². The van der Waals surface area contributed by atoms with Crippen molar-refractivity contribution in [2.45, 2.75) is 161 Å². The Morgan fingerprint density at radius 3 is 1.61 bits per heavy atom. The molecule has 1 unspecified atom stereocenters. The third-order valence-electron chi connectivity index (χ3n) is 8.72. The number of phosphoric ester groups is 1. The number of nitrogens with zero attached hydrogens (tertiary/aromatic N) is 1. The molecule has 9 nitrogen and oxygen atoms in total. The first-order valence-corrected chi connectivity index (χ1v) is 23.1. The molecule has 2 atom stereocenters. The van der Waals surface area contributed by atoms with Crippen LogP contribution < -0.4 is 4.89 Å². The van der Waals surface area contributed by atoms with Crippen LogP contribution in [0, 0.1) is 0 Å². The number of carbonyl (C=O) groups is 2. The fourth-order valence-corrected chi connectivity index (χ4v) is 6.08. The maximum atomic E-state index is 12.6. The molecule has 0 fully saturated rings. The van der Waals surface area contributed by atoms with Crippen LogP contribution >= 0.6 is 7.82 Å². The maximum absolute atomic E-state index is 12.6. The van der Waals surface area contributed by atoms with Crippen LogP contribution in [0.1, 0.15) is 155 Å². The highest BCUT2D eigenvalue weighted by Gasteiger charge is 2.21. The number of hydrogen-bond donors (Lipinski definition) is 0. The molecule has 0 aliphatic heterocycles. The van der Waals surface area contributed by atoms with E-state index in [0.717, 1.165) is 51.4 Å². The van der Waals surface area contributed by atoms with Crippen molar-refractivity contribution >= 4 is 19.8 Å². The Morgan fingerprint density at radius 1 is 0.571 bits per heavy atom. The van der Waals surface area contributed by atoms with E-state index < -0.39 is 32.5 Å². The smallest absolute Gasteiger partial charge is 0.306 e. The Morgan fingerprint density at radius 2 is 1.05 bits per heavy atom. The second-order valence-corrected chi connectivity index (χ2v) is 16.7. The molecule has 0 saturated heterocycles. The van der Waals surface area contributed by atoms with Crippen molar-refractivity contribution < 1.29 is 42.1 Å². The Bertz CT molecular complexity index is 1180. The summed E-state index contributed by atoms with van der Waals surface area (Å²) >= 11 is 0. The molecule has 0 aromatic carbocycles. The molecule has 0 aromatic rings. The van der Waals surface area contributed by atoms with Crippen LogP contribution in [-0.4, -0.2) is 70.0 Å². The zero-order valence-corrected chi connectivity index (χ0v) is 36.9. The first kappa shape index (κ1) is 53.5. The molecule has 0 heterocycles. The Labute approximate surface area is 342 Å². The Balaban J connectivity index is 4.52. The fourth-order valence-electron chi connectivity index (χ4n) is 5.35. The van der Waals surface area contributed by atoms with Crippen LogP contribution in [0.3, 0.4) is 0 Å². The number of carbonyl (C=O) groups excluding carboxylic acids is 2. The van der Waals surface area contributed by atoms with Gasteiger partial charge in [-0.15, -0.1) is 0 Å². The quantitative estimate of drug-likeness (QED) is 0.0199. The highest BCUT2D eigenvalue weighted by atomic mass is 31.2. The lowest BCUT2D eigenvalue weighted by atomic mass is 10.1. The minimum Gasteiger partial charge on any atom is -0.756 e. The fraction of sp³-hybridized carbons (Fsp3) is 0.696. The van der Waals surface area contributed by atoms with Crippen molar-refractivity contribution in [1.82, 2.24) is 0 Å². The molecule has 10 heteroatoms. The van der Waals surface area contributed by atoms with Crippen molar-refractivity contribution in [3.8, 4) is 0 Å². The second-order valence-electron chi connectivity index (χ2n) is 15.3. The normalized spacial score (nSPS) is 14.3. The lowest BCUT2D eigenvalue weighted by Crippen LogP contribution is -2.37. The number of ether oxygens (including phenoxy) is 2. The predicted molar refractivity (Wildman–Crippen MR) is 231 cm³/mol. The SMILES string of the molecule is CC/C=C/C/C=C/C/C=C/C/C=C/C/C=C/CCCC(=O)OC[C@H](COP(=O)([O-])OCC[N+](C)(C)C)OC(=O)CC/C=C/CCCCCCCCCCCCC. The number of esters is 2. The zero-order chi connectivity index (χ0) is 41.4. The van der Waals surface area contributed by atoms with Crippen molar-refractivity contribution in [3.05, 3.63) is 72.9 Å². The van der Waals surface area contributed by atoms with Gasteiger partial charge in [0.25, 0.3) is 7.82 Å². The van der Waals surface area contributed by atoms with E-state index in [-0.39, 0.29) is 26.1 Å². The molecule has 0 aliphatic carbocycles. The summed E-state index contributed by atoms with van der Waals surface area (Å²) in [6, 6.07) is 0. The topological polar surface area (TPSA) is 111 Å². The van der Waals surface area contributed by atoms with Crippen molar-refractivity contribution in [2.75, 3.05) is 47.5 Å².